The third-order valence-corrected chi connectivity index (χ3v) is 8.64. The third-order valence-electron chi connectivity index (χ3n) is 5.22. The Morgan fingerprint density at radius 3 is 2.24 bits per heavy atom. The topological polar surface area (TPSA) is 86.8 Å². The van der Waals surface area contributed by atoms with Crippen LogP contribution in [0.15, 0.2) is 34.1 Å². The lowest BCUT2D eigenvalue weighted by atomic mass is 10.2. The lowest BCUT2D eigenvalue weighted by Crippen LogP contribution is -2.51. The summed E-state index contributed by atoms with van der Waals surface area (Å²) in [6.07, 6.45) is 3.88. The normalized spacial score (nSPS) is 25.8. The molecule has 1 atom stereocenters. The second kappa shape index (κ2) is 6.31. The number of rotatable bonds is 5. The van der Waals surface area contributed by atoms with Crippen LogP contribution >= 0.6 is 0 Å². The summed E-state index contributed by atoms with van der Waals surface area (Å²) in [6.45, 7) is 2.83. The summed E-state index contributed by atoms with van der Waals surface area (Å²) >= 11 is 0. The summed E-state index contributed by atoms with van der Waals surface area (Å²) in [6, 6.07) is 5.89. The van der Waals surface area contributed by atoms with Gasteiger partial charge in [-0.25, -0.2) is 21.6 Å². The van der Waals surface area contributed by atoms with Gasteiger partial charge in [-0.3, -0.25) is 4.90 Å². The lowest BCUT2D eigenvalue weighted by Gasteiger charge is -2.36. The molecule has 0 amide bonds. The van der Waals surface area contributed by atoms with E-state index in [1.54, 1.807) is 0 Å². The van der Waals surface area contributed by atoms with E-state index in [-0.39, 0.29) is 15.8 Å². The van der Waals surface area contributed by atoms with Crippen molar-refractivity contribution in [1.29, 1.82) is 0 Å². The van der Waals surface area contributed by atoms with Gasteiger partial charge in [0, 0.05) is 31.7 Å². The number of nitrogens with one attached hydrogen (secondary N) is 1. The van der Waals surface area contributed by atoms with Crippen LogP contribution in [0.5, 0.6) is 0 Å². The molecule has 1 saturated carbocycles. The average molecular weight is 386 g/mol. The van der Waals surface area contributed by atoms with Crippen molar-refractivity contribution in [2.24, 2.45) is 0 Å². The molecule has 1 aromatic rings. The number of fused-ring (bicyclic) bond motifs is 1. The molecule has 2 saturated heterocycles. The molecular formula is C16H23N3O4S2. The third kappa shape index (κ3) is 3.48. The Kier molecular flexibility index (Phi) is 4.40. The summed E-state index contributed by atoms with van der Waals surface area (Å²) in [4.78, 5) is 2.62. The fourth-order valence-corrected chi connectivity index (χ4v) is 6.38. The second-order valence-electron chi connectivity index (χ2n) is 7.06. The standard InChI is InChI=1S/C16H23N3O4S2/c20-24(21,17-13-3-4-13)15-5-7-16(8-6-15)25(22,23)19-11-10-18-9-1-2-14(18)12-19/h5-8,13-14,17H,1-4,9-12H2/t14-/m1/s1. The van der Waals surface area contributed by atoms with Gasteiger partial charge in [0.15, 0.2) is 0 Å². The molecule has 3 fully saturated rings. The maximum atomic E-state index is 12.9. The Labute approximate surface area is 149 Å². The molecule has 25 heavy (non-hydrogen) atoms. The number of hydrogen-bond acceptors (Lipinski definition) is 5. The maximum Gasteiger partial charge on any atom is 0.243 e. The zero-order chi connectivity index (χ0) is 17.7. The van der Waals surface area contributed by atoms with Crippen LogP contribution in [0.2, 0.25) is 0 Å². The van der Waals surface area contributed by atoms with E-state index in [1.807, 2.05) is 0 Å². The monoisotopic (exact) mass is 385 g/mol. The molecule has 4 rings (SSSR count). The molecule has 2 aliphatic heterocycles. The highest BCUT2D eigenvalue weighted by Crippen LogP contribution is 2.27. The first kappa shape index (κ1) is 17.4. The quantitative estimate of drug-likeness (QED) is 0.802. The van der Waals surface area contributed by atoms with Gasteiger partial charge in [0.05, 0.1) is 9.79 Å². The summed E-state index contributed by atoms with van der Waals surface area (Å²) in [7, 11) is -7.14. The molecular weight excluding hydrogens is 362 g/mol. The largest absolute Gasteiger partial charge is 0.298 e. The summed E-state index contributed by atoms with van der Waals surface area (Å²) < 4.78 is 54.3. The molecule has 7 nitrogen and oxygen atoms in total. The predicted molar refractivity (Wildman–Crippen MR) is 93.1 cm³/mol. The van der Waals surface area contributed by atoms with Gasteiger partial charge in [-0.05, 0) is 56.5 Å². The van der Waals surface area contributed by atoms with Crippen molar-refractivity contribution in [2.45, 2.75) is 47.6 Å². The summed E-state index contributed by atoms with van der Waals surface area (Å²) in [5, 5.41) is 0. The van der Waals surface area contributed by atoms with Gasteiger partial charge in [0.25, 0.3) is 0 Å². The van der Waals surface area contributed by atoms with E-state index in [2.05, 4.69) is 9.62 Å². The van der Waals surface area contributed by atoms with Crippen LogP contribution in [0.4, 0.5) is 0 Å². The van der Waals surface area contributed by atoms with E-state index in [0.29, 0.717) is 19.1 Å². The van der Waals surface area contributed by atoms with Crippen LogP contribution in [0.3, 0.4) is 0 Å². The molecule has 1 aliphatic carbocycles. The molecule has 1 N–H and O–H groups in total. The molecule has 0 radical (unpaired) electrons. The number of nitrogens with zero attached hydrogens (tertiary/aromatic N) is 2. The summed E-state index contributed by atoms with van der Waals surface area (Å²) in [5.41, 5.74) is 0. The van der Waals surface area contributed by atoms with E-state index in [4.69, 9.17) is 0 Å². The Balaban J connectivity index is 1.52. The predicted octanol–water partition coefficient (Wildman–Crippen LogP) is 0.596. The maximum absolute atomic E-state index is 12.9. The number of sulfonamides is 2. The molecule has 0 unspecified atom stereocenters. The van der Waals surface area contributed by atoms with Crippen molar-refractivity contribution in [3.8, 4) is 0 Å². The Morgan fingerprint density at radius 2 is 1.56 bits per heavy atom. The van der Waals surface area contributed by atoms with E-state index >= 15 is 0 Å². The minimum atomic E-state index is -3.58. The first-order valence-corrected chi connectivity index (χ1v) is 11.7. The Bertz CT molecular complexity index is 848. The highest BCUT2D eigenvalue weighted by Gasteiger charge is 2.36. The molecule has 0 bridgehead atoms. The summed E-state index contributed by atoms with van der Waals surface area (Å²) in [5.74, 6) is 0. The van der Waals surface area contributed by atoms with Crippen molar-refractivity contribution in [2.75, 3.05) is 26.2 Å². The molecule has 3 aliphatic rings. The van der Waals surface area contributed by atoms with Crippen molar-refractivity contribution in [3.63, 3.8) is 0 Å². The van der Waals surface area contributed by atoms with Crippen molar-refractivity contribution in [1.82, 2.24) is 13.9 Å². The molecule has 1 aromatic carbocycles. The molecule has 2 heterocycles. The number of piperazine rings is 1. The van der Waals surface area contributed by atoms with Gasteiger partial charge >= 0.3 is 0 Å². The number of benzene rings is 1. The van der Waals surface area contributed by atoms with Gasteiger partial charge in [-0.2, -0.15) is 4.31 Å². The van der Waals surface area contributed by atoms with E-state index in [1.165, 1.54) is 28.6 Å². The van der Waals surface area contributed by atoms with Crippen molar-refractivity contribution < 1.29 is 16.8 Å². The number of hydrogen-bond donors (Lipinski definition) is 1. The Hall–Kier alpha value is -1.00. The fourth-order valence-electron chi connectivity index (χ4n) is 3.61. The van der Waals surface area contributed by atoms with Gasteiger partial charge in [-0.15, -0.1) is 0 Å². The van der Waals surface area contributed by atoms with Crippen LogP contribution in [0, 0.1) is 0 Å². The molecule has 138 valence electrons. The van der Waals surface area contributed by atoms with Crippen molar-refractivity contribution in [3.05, 3.63) is 24.3 Å². The minimum absolute atomic E-state index is 0.0242. The fraction of sp³-hybridized carbons (Fsp3) is 0.625. The van der Waals surface area contributed by atoms with Gasteiger partial charge in [0.1, 0.15) is 0 Å². The van der Waals surface area contributed by atoms with Crippen LogP contribution < -0.4 is 4.72 Å². The van der Waals surface area contributed by atoms with Crippen LogP contribution in [0.1, 0.15) is 25.7 Å². The van der Waals surface area contributed by atoms with E-state index in [9.17, 15) is 16.8 Å². The second-order valence-corrected chi connectivity index (χ2v) is 10.7. The van der Waals surface area contributed by atoms with Gasteiger partial charge < -0.3 is 0 Å². The zero-order valence-corrected chi connectivity index (χ0v) is 15.6. The average Bonchev–Trinajstić information content (AvgIpc) is 3.26. The highest BCUT2D eigenvalue weighted by atomic mass is 32.2. The first-order valence-electron chi connectivity index (χ1n) is 8.73. The SMILES string of the molecule is O=S(=O)(NC1CC1)c1ccc(S(=O)(=O)N2CCN3CCC[C@@H]3C2)cc1. The van der Waals surface area contributed by atoms with Crippen molar-refractivity contribution >= 4 is 20.0 Å². The van der Waals surface area contributed by atoms with Gasteiger partial charge in [0.2, 0.25) is 20.0 Å². The van der Waals surface area contributed by atoms with E-state index in [0.717, 1.165) is 38.8 Å². The molecule has 0 spiro atoms. The minimum Gasteiger partial charge on any atom is -0.298 e. The van der Waals surface area contributed by atoms with Gasteiger partial charge in [-0.1, -0.05) is 0 Å². The Morgan fingerprint density at radius 1 is 0.880 bits per heavy atom. The van der Waals surface area contributed by atoms with Crippen LogP contribution in [-0.4, -0.2) is 64.3 Å². The first-order chi connectivity index (χ1) is 11.9. The van der Waals surface area contributed by atoms with Crippen LogP contribution in [0.25, 0.3) is 0 Å². The lowest BCUT2D eigenvalue weighted by molar-refractivity contribution is 0.158. The van der Waals surface area contributed by atoms with E-state index < -0.39 is 20.0 Å². The highest BCUT2D eigenvalue weighted by molar-refractivity contribution is 7.89. The molecule has 0 aromatic heterocycles. The zero-order valence-electron chi connectivity index (χ0n) is 14.0. The van der Waals surface area contributed by atoms with Crippen LogP contribution in [-0.2, 0) is 20.0 Å². The molecule has 9 heteroatoms. The smallest absolute Gasteiger partial charge is 0.243 e.